The summed E-state index contributed by atoms with van der Waals surface area (Å²) in [5, 5.41) is 5.30. The molecule has 2 N–H and O–H groups in total. The van der Waals surface area contributed by atoms with E-state index in [0.717, 1.165) is 11.1 Å². The Hall–Kier alpha value is -2.82. The van der Waals surface area contributed by atoms with E-state index in [1.54, 1.807) is 6.92 Å². The second-order valence-corrected chi connectivity index (χ2v) is 6.29. The molecule has 0 aliphatic carbocycles. The minimum Gasteiger partial charge on any atom is -0.449 e. The number of rotatable bonds is 6. The third kappa shape index (κ3) is 5.95. The van der Waals surface area contributed by atoms with E-state index in [2.05, 4.69) is 10.6 Å². The van der Waals surface area contributed by atoms with Crippen LogP contribution in [0, 0.1) is 5.92 Å². The van der Waals surface area contributed by atoms with Gasteiger partial charge in [-0.2, -0.15) is 0 Å². The van der Waals surface area contributed by atoms with Crippen molar-refractivity contribution in [1.82, 2.24) is 5.32 Å². The standard InChI is InChI=1S/C20H24N2O3/c1-14(2)13-25-20(24)21-15(3)19(23)22-18-11-9-17(10-12-18)16-7-5-4-6-8-16/h4-12,14-15H,13H2,1-3H3,(H,21,24)(H,22,23)/t15-/m0/s1. The fourth-order valence-electron chi connectivity index (χ4n) is 2.15. The Morgan fingerprint density at radius 2 is 1.52 bits per heavy atom. The zero-order valence-corrected chi connectivity index (χ0v) is 14.8. The molecular formula is C20H24N2O3. The number of carbonyl (C=O) groups is 2. The van der Waals surface area contributed by atoms with E-state index in [-0.39, 0.29) is 11.8 Å². The van der Waals surface area contributed by atoms with Crippen molar-refractivity contribution in [2.24, 2.45) is 5.92 Å². The lowest BCUT2D eigenvalue weighted by molar-refractivity contribution is -0.117. The molecule has 0 aromatic heterocycles. The van der Waals surface area contributed by atoms with Crippen molar-refractivity contribution >= 4 is 17.7 Å². The smallest absolute Gasteiger partial charge is 0.407 e. The summed E-state index contributed by atoms with van der Waals surface area (Å²) >= 11 is 0. The average Bonchev–Trinajstić information content (AvgIpc) is 2.61. The summed E-state index contributed by atoms with van der Waals surface area (Å²) in [6.45, 7) is 5.83. The van der Waals surface area contributed by atoms with Crippen molar-refractivity contribution in [3.8, 4) is 11.1 Å². The Morgan fingerprint density at radius 1 is 0.920 bits per heavy atom. The highest BCUT2D eigenvalue weighted by Crippen LogP contribution is 2.21. The predicted octanol–water partition coefficient (Wildman–Crippen LogP) is 4.06. The largest absolute Gasteiger partial charge is 0.449 e. The summed E-state index contributed by atoms with van der Waals surface area (Å²) in [7, 11) is 0. The molecule has 1 atom stereocenters. The van der Waals surface area contributed by atoms with Gasteiger partial charge in [0.05, 0.1) is 6.61 Å². The van der Waals surface area contributed by atoms with Crippen LogP contribution in [0.1, 0.15) is 20.8 Å². The summed E-state index contributed by atoms with van der Waals surface area (Å²) in [4.78, 5) is 23.8. The molecule has 25 heavy (non-hydrogen) atoms. The molecule has 0 fully saturated rings. The summed E-state index contributed by atoms with van der Waals surface area (Å²) in [6.07, 6.45) is -0.587. The molecule has 0 saturated carbocycles. The Balaban J connectivity index is 1.88. The van der Waals surface area contributed by atoms with Crippen LogP contribution in [0.25, 0.3) is 11.1 Å². The monoisotopic (exact) mass is 340 g/mol. The molecule has 0 aliphatic rings. The number of carbonyl (C=O) groups excluding carboxylic acids is 2. The van der Waals surface area contributed by atoms with Crippen LogP contribution >= 0.6 is 0 Å². The van der Waals surface area contributed by atoms with Gasteiger partial charge < -0.3 is 15.4 Å². The van der Waals surface area contributed by atoms with E-state index in [1.807, 2.05) is 68.4 Å². The van der Waals surface area contributed by atoms with Crippen LogP contribution in [-0.2, 0) is 9.53 Å². The zero-order valence-electron chi connectivity index (χ0n) is 14.8. The lowest BCUT2D eigenvalue weighted by Crippen LogP contribution is -2.42. The number of benzene rings is 2. The number of ether oxygens (including phenoxy) is 1. The molecule has 2 rings (SSSR count). The van der Waals surface area contributed by atoms with Crippen molar-refractivity contribution in [2.45, 2.75) is 26.8 Å². The highest BCUT2D eigenvalue weighted by atomic mass is 16.5. The van der Waals surface area contributed by atoms with E-state index < -0.39 is 12.1 Å². The Bertz CT molecular complexity index is 697. The number of anilines is 1. The number of nitrogens with one attached hydrogen (secondary N) is 2. The van der Waals surface area contributed by atoms with Gasteiger partial charge >= 0.3 is 6.09 Å². The van der Waals surface area contributed by atoms with Gasteiger partial charge in [0.15, 0.2) is 0 Å². The third-order valence-corrected chi connectivity index (χ3v) is 3.53. The topological polar surface area (TPSA) is 67.4 Å². The third-order valence-electron chi connectivity index (χ3n) is 3.53. The quantitative estimate of drug-likeness (QED) is 0.833. The van der Waals surface area contributed by atoms with Crippen molar-refractivity contribution < 1.29 is 14.3 Å². The first-order valence-electron chi connectivity index (χ1n) is 8.35. The second kappa shape index (κ2) is 8.87. The van der Waals surface area contributed by atoms with Crippen LogP contribution < -0.4 is 10.6 Å². The molecule has 2 aromatic rings. The van der Waals surface area contributed by atoms with E-state index in [0.29, 0.717) is 12.3 Å². The average molecular weight is 340 g/mol. The van der Waals surface area contributed by atoms with Crippen LogP contribution in [0.15, 0.2) is 54.6 Å². The molecule has 2 amide bonds. The first kappa shape index (κ1) is 18.5. The van der Waals surface area contributed by atoms with Crippen LogP contribution in [0.2, 0.25) is 0 Å². The summed E-state index contributed by atoms with van der Waals surface area (Å²) in [5.41, 5.74) is 2.86. The number of hydrogen-bond donors (Lipinski definition) is 2. The summed E-state index contributed by atoms with van der Waals surface area (Å²) in [6, 6.07) is 16.9. The first-order valence-corrected chi connectivity index (χ1v) is 8.35. The molecule has 132 valence electrons. The van der Waals surface area contributed by atoms with Gasteiger partial charge in [0.1, 0.15) is 6.04 Å². The Morgan fingerprint density at radius 3 is 2.12 bits per heavy atom. The molecule has 0 bridgehead atoms. The molecule has 0 unspecified atom stereocenters. The van der Waals surface area contributed by atoms with E-state index in [1.165, 1.54) is 0 Å². The number of hydrogen-bond acceptors (Lipinski definition) is 3. The normalized spacial score (nSPS) is 11.7. The minimum absolute atomic E-state index is 0.248. The van der Waals surface area contributed by atoms with Crippen LogP contribution in [0.3, 0.4) is 0 Å². The van der Waals surface area contributed by atoms with Crippen LogP contribution in [0.4, 0.5) is 10.5 Å². The van der Waals surface area contributed by atoms with Crippen molar-refractivity contribution in [2.75, 3.05) is 11.9 Å². The molecule has 5 heteroatoms. The van der Waals surface area contributed by atoms with Gasteiger partial charge in [0, 0.05) is 5.69 Å². The highest BCUT2D eigenvalue weighted by molar-refractivity contribution is 5.96. The molecule has 0 aliphatic heterocycles. The summed E-state index contributed by atoms with van der Waals surface area (Å²) in [5.74, 6) is -0.0491. The number of amides is 2. The maximum absolute atomic E-state index is 12.2. The molecule has 2 aromatic carbocycles. The molecule has 0 radical (unpaired) electrons. The molecule has 0 saturated heterocycles. The maximum Gasteiger partial charge on any atom is 0.407 e. The summed E-state index contributed by atoms with van der Waals surface area (Å²) < 4.78 is 5.01. The Kier molecular flexibility index (Phi) is 6.57. The van der Waals surface area contributed by atoms with Gasteiger partial charge in [0.2, 0.25) is 5.91 Å². The van der Waals surface area contributed by atoms with Gasteiger partial charge in [0.25, 0.3) is 0 Å². The fraction of sp³-hybridized carbons (Fsp3) is 0.300. The van der Waals surface area contributed by atoms with Crippen molar-refractivity contribution in [3.05, 3.63) is 54.6 Å². The van der Waals surface area contributed by atoms with Crippen LogP contribution in [-0.4, -0.2) is 24.6 Å². The van der Waals surface area contributed by atoms with Gasteiger partial charge in [-0.1, -0.05) is 56.3 Å². The van der Waals surface area contributed by atoms with E-state index in [9.17, 15) is 9.59 Å². The maximum atomic E-state index is 12.2. The Labute approximate surface area is 148 Å². The highest BCUT2D eigenvalue weighted by Gasteiger charge is 2.16. The lowest BCUT2D eigenvalue weighted by Gasteiger charge is -2.15. The van der Waals surface area contributed by atoms with E-state index in [4.69, 9.17) is 4.74 Å². The zero-order chi connectivity index (χ0) is 18.2. The van der Waals surface area contributed by atoms with Crippen molar-refractivity contribution in [1.29, 1.82) is 0 Å². The SMILES string of the molecule is CC(C)COC(=O)N[C@@H](C)C(=O)Nc1ccc(-c2ccccc2)cc1. The molecule has 5 nitrogen and oxygen atoms in total. The van der Waals surface area contributed by atoms with Crippen molar-refractivity contribution in [3.63, 3.8) is 0 Å². The van der Waals surface area contributed by atoms with E-state index >= 15 is 0 Å². The van der Waals surface area contributed by atoms with Gasteiger partial charge in [-0.3, -0.25) is 4.79 Å². The van der Waals surface area contributed by atoms with Gasteiger partial charge in [-0.15, -0.1) is 0 Å². The minimum atomic E-state index is -0.687. The van der Waals surface area contributed by atoms with Gasteiger partial charge in [-0.05, 0) is 36.1 Å². The molecule has 0 heterocycles. The fourth-order valence-corrected chi connectivity index (χ4v) is 2.15. The van der Waals surface area contributed by atoms with Gasteiger partial charge in [-0.25, -0.2) is 4.79 Å². The second-order valence-electron chi connectivity index (χ2n) is 6.29. The first-order chi connectivity index (χ1) is 12.0. The molecule has 0 spiro atoms. The lowest BCUT2D eigenvalue weighted by atomic mass is 10.1. The van der Waals surface area contributed by atoms with Crippen LogP contribution in [0.5, 0.6) is 0 Å². The number of alkyl carbamates (subject to hydrolysis) is 1. The predicted molar refractivity (Wildman–Crippen MR) is 99.3 cm³/mol. The molecular weight excluding hydrogens is 316 g/mol.